The van der Waals surface area contributed by atoms with Crippen molar-refractivity contribution < 1.29 is 51.1 Å². The van der Waals surface area contributed by atoms with Crippen molar-refractivity contribution in [3.63, 3.8) is 0 Å². The van der Waals surface area contributed by atoms with Crippen molar-refractivity contribution in [2.75, 3.05) is 6.61 Å². The first-order chi connectivity index (χ1) is 9.56. The predicted octanol–water partition coefficient (Wildman–Crippen LogP) is -5.75. The lowest BCUT2D eigenvalue weighted by molar-refractivity contribution is -0.185. The molecule has 0 amide bonds. The first kappa shape index (κ1) is 20.6. The summed E-state index contributed by atoms with van der Waals surface area (Å²) in [6, 6.07) is 0. The van der Waals surface area contributed by atoms with Crippen LogP contribution in [0.3, 0.4) is 0 Å². The number of hydrogen-bond acceptors (Lipinski definition) is 10. The summed E-state index contributed by atoms with van der Waals surface area (Å²) < 4.78 is 0. The van der Waals surface area contributed by atoms with Crippen molar-refractivity contribution in [1.82, 2.24) is 0 Å². The summed E-state index contributed by atoms with van der Waals surface area (Å²) in [5, 5.41) is 93.1. The zero-order valence-electron chi connectivity index (χ0n) is 11.4. The van der Waals surface area contributed by atoms with Crippen molar-refractivity contribution in [3.05, 3.63) is 0 Å². The SMILES string of the molecule is CC(O)C(O)C(O)C(O)C(O)C(O)C(O)[C@@H](O)C(O)CO. The van der Waals surface area contributed by atoms with Gasteiger partial charge in [-0.3, -0.25) is 0 Å². The van der Waals surface area contributed by atoms with Crippen LogP contribution in [0, 0.1) is 0 Å². The molecule has 0 rings (SSSR count). The van der Waals surface area contributed by atoms with Gasteiger partial charge in [-0.05, 0) is 6.92 Å². The smallest absolute Gasteiger partial charge is 0.111 e. The molecule has 0 radical (unpaired) electrons. The van der Waals surface area contributed by atoms with Gasteiger partial charge in [-0.1, -0.05) is 0 Å². The van der Waals surface area contributed by atoms with Crippen LogP contribution in [-0.2, 0) is 0 Å². The lowest BCUT2D eigenvalue weighted by Gasteiger charge is -2.33. The van der Waals surface area contributed by atoms with Crippen molar-refractivity contribution in [2.45, 2.75) is 61.9 Å². The molecule has 0 aliphatic carbocycles. The van der Waals surface area contributed by atoms with E-state index in [9.17, 15) is 35.7 Å². The molecule has 21 heavy (non-hydrogen) atoms. The molecular weight excluding hydrogens is 292 g/mol. The van der Waals surface area contributed by atoms with Crippen LogP contribution in [0.15, 0.2) is 0 Å². The normalized spacial score (nSPS) is 25.3. The first-order valence-corrected chi connectivity index (χ1v) is 6.29. The van der Waals surface area contributed by atoms with Gasteiger partial charge in [0, 0.05) is 0 Å². The Balaban J connectivity index is 4.79. The second-order valence-electron chi connectivity index (χ2n) is 4.92. The van der Waals surface area contributed by atoms with Gasteiger partial charge in [0.25, 0.3) is 0 Å². The Kier molecular flexibility index (Phi) is 8.73. The van der Waals surface area contributed by atoms with Crippen LogP contribution >= 0.6 is 0 Å². The van der Waals surface area contributed by atoms with Gasteiger partial charge in [-0.25, -0.2) is 0 Å². The molecule has 0 saturated heterocycles. The van der Waals surface area contributed by atoms with Gasteiger partial charge < -0.3 is 51.1 Å². The van der Waals surface area contributed by atoms with Gasteiger partial charge in [0.15, 0.2) is 0 Å². The largest absolute Gasteiger partial charge is 0.394 e. The fraction of sp³-hybridized carbons (Fsp3) is 1.00. The maximum Gasteiger partial charge on any atom is 0.111 e. The van der Waals surface area contributed by atoms with E-state index in [2.05, 4.69) is 0 Å². The lowest BCUT2D eigenvalue weighted by Crippen LogP contribution is -2.57. The van der Waals surface area contributed by atoms with E-state index < -0.39 is 61.5 Å². The predicted molar refractivity (Wildman–Crippen MR) is 66.8 cm³/mol. The minimum absolute atomic E-state index is 0.924. The van der Waals surface area contributed by atoms with Gasteiger partial charge in [0.05, 0.1) is 12.7 Å². The monoisotopic (exact) mass is 316 g/mol. The van der Waals surface area contributed by atoms with E-state index in [0.29, 0.717) is 0 Å². The molecule has 0 fully saturated rings. The zero-order valence-corrected chi connectivity index (χ0v) is 11.4. The summed E-state index contributed by atoms with van der Waals surface area (Å²) in [5.41, 5.74) is 0. The minimum Gasteiger partial charge on any atom is -0.394 e. The fourth-order valence-electron chi connectivity index (χ4n) is 1.63. The van der Waals surface area contributed by atoms with Crippen LogP contribution in [0.2, 0.25) is 0 Å². The summed E-state index contributed by atoms with van der Waals surface area (Å²) >= 11 is 0. The summed E-state index contributed by atoms with van der Waals surface area (Å²) in [5.74, 6) is 0. The third kappa shape index (κ3) is 5.38. The van der Waals surface area contributed by atoms with E-state index in [-0.39, 0.29) is 0 Å². The van der Waals surface area contributed by atoms with E-state index in [1.165, 1.54) is 0 Å². The molecule has 0 aliphatic heterocycles. The summed E-state index contributed by atoms with van der Waals surface area (Å²) in [7, 11) is 0. The fourth-order valence-corrected chi connectivity index (χ4v) is 1.63. The van der Waals surface area contributed by atoms with Crippen LogP contribution in [0.1, 0.15) is 6.92 Å². The molecule has 0 aromatic carbocycles. The second-order valence-corrected chi connectivity index (χ2v) is 4.92. The number of aliphatic hydroxyl groups is 10. The molecule has 128 valence electrons. The van der Waals surface area contributed by atoms with Crippen LogP contribution in [0.5, 0.6) is 0 Å². The Morgan fingerprint density at radius 2 is 0.810 bits per heavy atom. The number of hydrogen-bond donors (Lipinski definition) is 10. The number of aliphatic hydroxyl groups excluding tert-OH is 10. The van der Waals surface area contributed by atoms with Crippen LogP contribution in [-0.4, -0.2) is 113 Å². The molecule has 0 aromatic heterocycles. The Hall–Kier alpha value is -0.400. The molecule has 8 unspecified atom stereocenters. The third-order valence-electron chi connectivity index (χ3n) is 3.18. The first-order valence-electron chi connectivity index (χ1n) is 6.29. The molecule has 0 heterocycles. The summed E-state index contributed by atoms with van der Waals surface area (Å²) in [4.78, 5) is 0. The molecule has 9 atom stereocenters. The highest BCUT2D eigenvalue weighted by Crippen LogP contribution is 2.15. The van der Waals surface area contributed by atoms with E-state index in [1.54, 1.807) is 0 Å². The minimum atomic E-state index is -2.20. The second kappa shape index (κ2) is 8.90. The molecule has 0 bridgehead atoms. The quantitative estimate of drug-likeness (QED) is 0.195. The molecular formula is C11H24O10. The van der Waals surface area contributed by atoms with Crippen LogP contribution in [0.4, 0.5) is 0 Å². The third-order valence-corrected chi connectivity index (χ3v) is 3.18. The number of rotatable bonds is 9. The van der Waals surface area contributed by atoms with Crippen molar-refractivity contribution in [3.8, 4) is 0 Å². The summed E-state index contributed by atoms with van der Waals surface area (Å²) in [6.07, 6.45) is -17.8. The Morgan fingerprint density at radius 1 is 0.524 bits per heavy atom. The van der Waals surface area contributed by atoms with E-state index in [4.69, 9.17) is 15.3 Å². The summed E-state index contributed by atoms with van der Waals surface area (Å²) in [6.45, 7) is 0.187. The Bertz CT molecular complexity index is 288. The Morgan fingerprint density at radius 3 is 1.10 bits per heavy atom. The average Bonchev–Trinajstić information content (AvgIpc) is 2.48. The van der Waals surface area contributed by atoms with E-state index in [0.717, 1.165) is 6.92 Å². The van der Waals surface area contributed by atoms with Gasteiger partial charge in [-0.15, -0.1) is 0 Å². The molecule has 0 aliphatic rings. The van der Waals surface area contributed by atoms with E-state index in [1.807, 2.05) is 0 Å². The van der Waals surface area contributed by atoms with Crippen LogP contribution in [0.25, 0.3) is 0 Å². The Labute approximate surface area is 120 Å². The van der Waals surface area contributed by atoms with Gasteiger partial charge in [0.1, 0.15) is 48.8 Å². The molecule has 0 saturated carbocycles. The average molecular weight is 316 g/mol. The highest BCUT2D eigenvalue weighted by atomic mass is 16.4. The van der Waals surface area contributed by atoms with E-state index >= 15 is 0 Å². The van der Waals surface area contributed by atoms with Crippen LogP contribution < -0.4 is 0 Å². The molecule has 10 N–H and O–H groups in total. The molecule has 0 aromatic rings. The highest BCUT2D eigenvalue weighted by molar-refractivity contribution is 4.91. The maximum atomic E-state index is 9.59. The molecule has 10 heteroatoms. The van der Waals surface area contributed by atoms with Gasteiger partial charge >= 0.3 is 0 Å². The van der Waals surface area contributed by atoms with Crippen molar-refractivity contribution in [1.29, 1.82) is 0 Å². The molecule has 10 nitrogen and oxygen atoms in total. The molecule has 0 spiro atoms. The zero-order chi connectivity index (χ0) is 16.9. The van der Waals surface area contributed by atoms with Crippen molar-refractivity contribution in [2.24, 2.45) is 0 Å². The maximum absolute atomic E-state index is 9.59. The lowest BCUT2D eigenvalue weighted by atomic mass is 9.92. The highest BCUT2D eigenvalue weighted by Gasteiger charge is 2.41. The topological polar surface area (TPSA) is 202 Å². The van der Waals surface area contributed by atoms with Crippen molar-refractivity contribution >= 4 is 0 Å². The van der Waals surface area contributed by atoms with Gasteiger partial charge in [-0.2, -0.15) is 0 Å². The standard InChI is InChI=1S/C11H24O10/c1-3(13)5(15)7(17)9(19)11(21)10(20)8(18)6(16)4(14)2-12/h3-21H,2H2,1H3/t3?,4?,5?,6-,7?,8?,9?,10?,11?/m0/s1. The van der Waals surface area contributed by atoms with Gasteiger partial charge in [0.2, 0.25) is 0 Å².